The highest BCUT2D eigenvalue weighted by atomic mass is 16.5. The van der Waals surface area contributed by atoms with Crippen LogP contribution < -0.4 is 5.32 Å². The molecule has 0 spiro atoms. The molecule has 3 rings (SSSR count). The molecule has 0 aliphatic heterocycles. The summed E-state index contributed by atoms with van der Waals surface area (Å²) in [4.78, 5) is 24.6. The predicted octanol–water partition coefficient (Wildman–Crippen LogP) is 4.68. The monoisotopic (exact) mass is 406 g/mol. The molecular weight excluding hydrogens is 380 g/mol. The third-order valence-corrected chi connectivity index (χ3v) is 4.68. The number of nitrogens with zero attached hydrogens (tertiary/aromatic N) is 1. The molecule has 1 heterocycles. The first-order valence-corrected chi connectivity index (χ1v) is 9.85. The lowest BCUT2D eigenvalue weighted by molar-refractivity contribution is -0.147. The van der Waals surface area contributed by atoms with Gasteiger partial charge in [0.25, 0.3) is 5.91 Å². The van der Waals surface area contributed by atoms with Crippen molar-refractivity contribution >= 4 is 17.8 Å². The number of aromatic nitrogens is 1. The molecule has 1 amide bonds. The van der Waals surface area contributed by atoms with Crippen molar-refractivity contribution in [2.75, 3.05) is 11.9 Å². The Morgan fingerprint density at radius 1 is 1.00 bits per heavy atom. The van der Waals surface area contributed by atoms with Crippen LogP contribution in [0.4, 0.5) is 5.88 Å². The molecule has 0 bridgehead atoms. The Labute approximate surface area is 176 Å². The minimum Gasteiger partial charge on any atom is -0.456 e. The lowest BCUT2D eigenvalue weighted by atomic mass is 9.89. The van der Waals surface area contributed by atoms with Gasteiger partial charge in [-0.05, 0) is 11.1 Å². The van der Waals surface area contributed by atoms with Crippen molar-refractivity contribution in [1.82, 2.24) is 5.16 Å². The molecule has 0 atom stereocenters. The number of amides is 1. The second kappa shape index (κ2) is 9.39. The van der Waals surface area contributed by atoms with Gasteiger partial charge in [-0.3, -0.25) is 14.9 Å². The number of hydrogen-bond acceptors (Lipinski definition) is 5. The topological polar surface area (TPSA) is 81.4 Å². The van der Waals surface area contributed by atoms with Crippen LogP contribution in [0.3, 0.4) is 0 Å². The molecule has 6 heteroatoms. The zero-order valence-electron chi connectivity index (χ0n) is 17.4. The molecule has 0 aliphatic carbocycles. The third kappa shape index (κ3) is 5.80. The van der Waals surface area contributed by atoms with Gasteiger partial charge in [0, 0.05) is 17.4 Å². The van der Waals surface area contributed by atoms with E-state index in [1.54, 1.807) is 6.07 Å². The van der Waals surface area contributed by atoms with E-state index in [9.17, 15) is 9.59 Å². The van der Waals surface area contributed by atoms with Gasteiger partial charge in [-0.2, -0.15) is 0 Å². The van der Waals surface area contributed by atoms with Gasteiger partial charge in [0.1, 0.15) is 0 Å². The van der Waals surface area contributed by atoms with Crippen molar-refractivity contribution in [2.24, 2.45) is 0 Å². The molecule has 0 unspecified atom stereocenters. The molecule has 3 aromatic rings. The molecule has 0 fully saturated rings. The number of ether oxygens (including phenoxy) is 1. The molecule has 30 heavy (non-hydrogen) atoms. The standard InChI is InChI=1S/C24H26N2O4/c1-24(2,3)20-15-22(30-26-20)25-21(27)16-29-23(28)14-19(17-10-6-4-7-11-17)18-12-8-5-9-13-18/h4-13,15,19H,14,16H2,1-3H3,(H,25,27). The Bertz CT molecular complexity index is 936. The fourth-order valence-electron chi connectivity index (χ4n) is 3.03. The smallest absolute Gasteiger partial charge is 0.307 e. The van der Waals surface area contributed by atoms with Crippen molar-refractivity contribution < 1.29 is 18.8 Å². The minimum absolute atomic E-state index is 0.137. The third-order valence-electron chi connectivity index (χ3n) is 4.68. The second-order valence-electron chi connectivity index (χ2n) is 8.11. The quantitative estimate of drug-likeness (QED) is 0.576. The van der Waals surface area contributed by atoms with Crippen molar-refractivity contribution in [3.8, 4) is 0 Å². The fraction of sp³-hybridized carbons (Fsp3) is 0.292. The maximum absolute atomic E-state index is 12.5. The van der Waals surface area contributed by atoms with E-state index in [2.05, 4.69) is 10.5 Å². The van der Waals surface area contributed by atoms with E-state index >= 15 is 0 Å². The summed E-state index contributed by atoms with van der Waals surface area (Å²) in [6.45, 7) is 5.59. The van der Waals surface area contributed by atoms with Crippen LogP contribution in [0.15, 0.2) is 71.3 Å². The van der Waals surface area contributed by atoms with Crippen LogP contribution in [0.25, 0.3) is 0 Å². The van der Waals surface area contributed by atoms with Crippen LogP contribution in [0.2, 0.25) is 0 Å². The van der Waals surface area contributed by atoms with Crippen LogP contribution in [0.1, 0.15) is 49.9 Å². The van der Waals surface area contributed by atoms with Gasteiger partial charge in [0.05, 0.1) is 12.1 Å². The highest BCUT2D eigenvalue weighted by Crippen LogP contribution is 2.28. The maximum Gasteiger partial charge on any atom is 0.307 e. The van der Waals surface area contributed by atoms with Gasteiger partial charge in [-0.1, -0.05) is 86.6 Å². The van der Waals surface area contributed by atoms with Crippen molar-refractivity contribution in [2.45, 2.75) is 38.5 Å². The fourth-order valence-corrected chi connectivity index (χ4v) is 3.03. The van der Waals surface area contributed by atoms with E-state index in [1.165, 1.54) is 0 Å². The van der Waals surface area contributed by atoms with Gasteiger partial charge in [-0.25, -0.2) is 0 Å². The van der Waals surface area contributed by atoms with Crippen molar-refractivity contribution in [1.29, 1.82) is 0 Å². The van der Waals surface area contributed by atoms with E-state index < -0.39 is 11.9 Å². The van der Waals surface area contributed by atoms with Gasteiger partial charge >= 0.3 is 5.97 Å². The van der Waals surface area contributed by atoms with Gasteiger partial charge in [-0.15, -0.1) is 0 Å². The molecule has 1 N–H and O–H groups in total. The summed E-state index contributed by atoms with van der Waals surface area (Å²) < 4.78 is 10.3. The van der Waals surface area contributed by atoms with Crippen molar-refractivity contribution in [3.05, 3.63) is 83.6 Å². The second-order valence-corrected chi connectivity index (χ2v) is 8.11. The average Bonchev–Trinajstić information content (AvgIpc) is 3.21. The van der Waals surface area contributed by atoms with Crippen LogP contribution in [0.5, 0.6) is 0 Å². The minimum atomic E-state index is -0.476. The number of hydrogen-bond donors (Lipinski definition) is 1. The summed E-state index contributed by atoms with van der Waals surface area (Å²) in [6, 6.07) is 21.2. The largest absolute Gasteiger partial charge is 0.456 e. The van der Waals surface area contributed by atoms with Crippen LogP contribution in [-0.4, -0.2) is 23.6 Å². The van der Waals surface area contributed by atoms with Crippen LogP contribution >= 0.6 is 0 Å². The Hall–Kier alpha value is -3.41. The van der Waals surface area contributed by atoms with Crippen molar-refractivity contribution in [3.63, 3.8) is 0 Å². The van der Waals surface area contributed by atoms with Gasteiger partial charge in [0.2, 0.25) is 5.88 Å². The molecule has 0 saturated heterocycles. The highest BCUT2D eigenvalue weighted by Gasteiger charge is 2.21. The summed E-state index contributed by atoms with van der Waals surface area (Å²) in [6.07, 6.45) is 0.137. The van der Waals surface area contributed by atoms with Gasteiger partial charge in [0.15, 0.2) is 6.61 Å². The molecule has 0 aliphatic rings. The maximum atomic E-state index is 12.5. The van der Waals surface area contributed by atoms with E-state index in [4.69, 9.17) is 9.26 Å². The lowest BCUT2D eigenvalue weighted by Crippen LogP contribution is -2.21. The summed E-state index contributed by atoms with van der Waals surface area (Å²) in [5.74, 6) is -0.842. The van der Waals surface area contributed by atoms with Crippen LogP contribution in [0, 0.1) is 0 Å². The average molecular weight is 406 g/mol. The first-order chi connectivity index (χ1) is 14.3. The highest BCUT2D eigenvalue weighted by molar-refractivity contribution is 5.91. The van der Waals surface area contributed by atoms with E-state index in [-0.39, 0.29) is 30.2 Å². The summed E-state index contributed by atoms with van der Waals surface area (Å²) in [5.41, 5.74) is 2.56. The Balaban J connectivity index is 1.58. The molecule has 156 valence electrons. The Morgan fingerprint density at radius 3 is 2.07 bits per heavy atom. The number of anilines is 1. The molecule has 1 aromatic heterocycles. The molecule has 0 saturated carbocycles. The molecule has 0 radical (unpaired) electrons. The Kier molecular flexibility index (Phi) is 6.67. The first-order valence-electron chi connectivity index (χ1n) is 9.85. The van der Waals surface area contributed by atoms with Crippen LogP contribution in [-0.2, 0) is 19.7 Å². The normalized spacial score (nSPS) is 11.3. The zero-order valence-corrected chi connectivity index (χ0v) is 17.4. The summed E-state index contributed by atoms with van der Waals surface area (Å²) >= 11 is 0. The first kappa shape index (κ1) is 21.3. The predicted molar refractivity (Wildman–Crippen MR) is 114 cm³/mol. The van der Waals surface area contributed by atoms with E-state index in [0.29, 0.717) is 0 Å². The van der Waals surface area contributed by atoms with E-state index in [1.807, 2.05) is 81.4 Å². The summed E-state index contributed by atoms with van der Waals surface area (Å²) in [5, 5.41) is 6.51. The summed E-state index contributed by atoms with van der Waals surface area (Å²) in [7, 11) is 0. The zero-order chi connectivity index (χ0) is 21.6. The number of rotatable bonds is 7. The number of nitrogens with one attached hydrogen (secondary N) is 1. The molecule has 6 nitrogen and oxygen atoms in total. The SMILES string of the molecule is CC(C)(C)c1cc(NC(=O)COC(=O)CC(c2ccccc2)c2ccccc2)on1. The molecular formula is C24H26N2O4. The lowest BCUT2D eigenvalue weighted by Gasteiger charge is -2.17. The number of benzene rings is 2. The molecule has 2 aromatic carbocycles. The van der Waals surface area contributed by atoms with Gasteiger partial charge < -0.3 is 9.26 Å². The number of esters is 1. The van der Waals surface area contributed by atoms with E-state index in [0.717, 1.165) is 16.8 Å². The number of carbonyl (C=O) groups is 2. The number of carbonyl (C=O) groups excluding carboxylic acids is 2. The Morgan fingerprint density at radius 2 is 1.57 bits per heavy atom.